The molecular weight excluding hydrogens is 332 g/mol. The van der Waals surface area contributed by atoms with Crippen LogP contribution in [0.3, 0.4) is 0 Å². The number of methoxy groups -OCH3 is 1. The number of ether oxygens (including phenoxy) is 2. The molecule has 6 heteroatoms. The number of benzene rings is 2. The molecule has 0 aliphatic carbocycles. The minimum absolute atomic E-state index is 0.0714. The monoisotopic (exact) mass is 354 g/mol. The maximum atomic E-state index is 12.3. The van der Waals surface area contributed by atoms with Gasteiger partial charge in [0.25, 0.3) is 0 Å². The Morgan fingerprint density at radius 2 is 2.00 bits per heavy atom. The number of fused-ring (bicyclic) bond motifs is 1. The van der Waals surface area contributed by atoms with E-state index in [2.05, 4.69) is 5.32 Å². The summed E-state index contributed by atoms with van der Waals surface area (Å²) in [6.07, 6.45) is 0.730. The molecule has 0 saturated heterocycles. The van der Waals surface area contributed by atoms with E-state index in [1.165, 1.54) is 0 Å². The smallest absolute Gasteiger partial charge is 0.331 e. The van der Waals surface area contributed by atoms with Gasteiger partial charge in [-0.2, -0.15) is 0 Å². The highest BCUT2D eigenvalue weighted by molar-refractivity contribution is 5.89. The molecule has 6 nitrogen and oxygen atoms in total. The van der Waals surface area contributed by atoms with E-state index >= 15 is 0 Å². The van der Waals surface area contributed by atoms with E-state index in [0.717, 1.165) is 29.0 Å². The van der Waals surface area contributed by atoms with Crippen LogP contribution in [0.1, 0.15) is 11.1 Å². The normalized spacial score (nSPS) is 13.0. The molecule has 0 bridgehead atoms. The number of nitrogens with one attached hydrogen (secondary N) is 1. The highest BCUT2D eigenvalue weighted by Crippen LogP contribution is 2.32. The quantitative estimate of drug-likeness (QED) is 0.635. The topological polar surface area (TPSA) is 67.9 Å². The molecule has 0 unspecified atom stereocenters. The molecule has 2 aromatic rings. The van der Waals surface area contributed by atoms with Crippen LogP contribution in [-0.2, 0) is 16.0 Å². The van der Waals surface area contributed by atoms with Gasteiger partial charge < -0.3 is 19.7 Å². The molecule has 136 valence electrons. The van der Waals surface area contributed by atoms with Crippen molar-refractivity contribution in [3.8, 4) is 11.5 Å². The first-order chi connectivity index (χ1) is 12.5. The zero-order valence-corrected chi connectivity index (χ0v) is 15.0. The lowest BCUT2D eigenvalue weighted by atomic mass is 10.1. The van der Waals surface area contributed by atoms with Gasteiger partial charge in [0.05, 0.1) is 19.3 Å². The Morgan fingerprint density at radius 3 is 2.73 bits per heavy atom. The molecule has 0 saturated carbocycles. The summed E-state index contributed by atoms with van der Waals surface area (Å²) in [7, 11) is 1.63. The zero-order chi connectivity index (χ0) is 18.5. The van der Waals surface area contributed by atoms with Crippen LogP contribution < -0.4 is 19.7 Å². The molecule has 1 heterocycles. The van der Waals surface area contributed by atoms with Gasteiger partial charge in [0.15, 0.2) is 5.75 Å². The lowest BCUT2D eigenvalue weighted by Crippen LogP contribution is -2.43. The SMILES string of the molecule is COc1ccc(CCNC(=O)CN2CC(=O)Oc3cc(C)ccc32)cc1. The molecule has 0 fully saturated rings. The number of hydrogen-bond acceptors (Lipinski definition) is 5. The number of nitrogens with zero attached hydrogens (tertiary/aromatic N) is 1. The first-order valence-corrected chi connectivity index (χ1v) is 8.51. The number of hydrogen-bond donors (Lipinski definition) is 1. The van der Waals surface area contributed by atoms with E-state index in [4.69, 9.17) is 9.47 Å². The van der Waals surface area contributed by atoms with Crippen LogP contribution >= 0.6 is 0 Å². The van der Waals surface area contributed by atoms with E-state index in [-0.39, 0.29) is 25.0 Å². The zero-order valence-electron chi connectivity index (χ0n) is 15.0. The van der Waals surface area contributed by atoms with Crippen molar-refractivity contribution in [1.82, 2.24) is 5.32 Å². The van der Waals surface area contributed by atoms with Crippen molar-refractivity contribution in [1.29, 1.82) is 0 Å². The van der Waals surface area contributed by atoms with Crippen molar-refractivity contribution < 1.29 is 19.1 Å². The summed E-state index contributed by atoms with van der Waals surface area (Å²) in [4.78, 5) is 25.8. The van der Waals surface area contributed by atoms with E-state index in [1.54, 1.807) is 18.1 Å². The largest absolute Gasteiger partial charge is 0.497 e. The van der Waals surface area contributed by atoms with E-state index in [9.17, 15) is 9.59 Å². The number of esters is 1. The Hall–Kier alpha value is -3.02. The number of carbonyl (C=O) groups is 2. The van der Waals surface area contributed by atoms with Gasteiger partial charge in [-0.15, -0.1) is 0 Å². The molecule has 0 atom stereocenters. The number of aryl methyl sites for hydroxylation is 1. The second-order valence-electron chi connectivity index (χ2n) is 6.25. The second-order valence-corrected chi connectivity index (χ2v) is 6.25. The Morgan fingerprint density at radius 1 is 1.23 bits per heavy atom. The van der Waals surface area contributed by atoms with Crippen LogP contribution in [0.25, 0.3) is 0 Å². The van der Waals surface area contributed by atoms with Gasteiger partial charge in [-0.25, -0.2) is 4.79 Å². The summed E-state index contributed by atoms with van der Waals surface area (Å²) in [5.41, 5.74) is 2.89. The van der Waals surface area contributed by atoms with Gasteiger partial charge in [0.2, 0.25) is 5.91 Å². The molecular formula is C20H22N2O4. The minimum atomic E-state index is -0.353. The second kappa shape index (κ2) is 7.91. The number of carbonyl (C=O) groups excluding carboxylic acids is 2. The van der Waals surface area contributed by atoms with Gasteiger partial charge in [-0.3, -0.25) is 4.79 Å². The van der Waals surface area contributed by atoms with Crippen molar-refractivity contribution >= 4 is 17.6 Å². The molecule has 1 amide bonds. The Labute approximate surface area is 152 Å². The number of amides is 1. The molecule has 0 aromatic heterocycles. The summed E-state index contributed by atoms with van der Waals surface area (Å²) in [5, 5.41) is 2.90. The van der Waals surface area contributed by atoms with Crippen LogP contribution in [0.4, 0.5) is 5.69 Å². The summed E-state index contributed by atoms with van der Waals surface area (Å²) < 4.78 is 10.4. The van der Waals surface area contributed by atoms with Crippen LogP contribution in [0.15, 0.2) is 42.5 Å². The highest BCUT2D eigenvalue weighted by atomic mass is 16.5. The van der Waals surface area contributed by atoms with E-state index in [0.29, 0.717) is 12.3 Å². The average molecular weight is 354 g/mol. The van der Waals surface area contributed by atoms with E-state index in [1.807, 2.05) is 43.3 Å². The number of rotatable bonds is 6. The maximum Gasteiger partial charge on any atom is 0.331 e. The summed E-state index contributed by atoms with van der Waals surface area (Å²) in [5.74, 6) is 0.838. The first kappa shape index (κ1) is 17.8. The van der Waals surface area contributed by atoms with E-state index < -0.39 is 0 Å². The molecule has 0 spiro atoms. The molecule has 1 aliphatic heterocycles. The van der Waals surface area contributed by atoms with Crippen molar-refractivity contribution in [2.45, 2.75) is 13.3 Å². The molecule has 3 rings (SSSR count). The predicted molar refractivity (Wildman–Crippen MR) is 98.7 cm³/mol. The van der Waals surface area contributed by atoms with Crippen LogP contribution in [-0.4, -0.2) is 38.6 Å². The Balaban J connectivity index is 1.54. The standard InChI is InChI=1S/C20H22N2O4/c1-14-3-8-17-18(11-14)26-20(24)13-22(17)12-19(23)21-10-9-15-4-6-16(25-2)7-5-15/h3-8,11H,9-10,12-13H2,1-2H3,(H,21,23). The van der Waals surface area contributed by atoms with Crippen LogP contribution in [0.5, 0.6) is 11.5 Å². The summed E-state index contributed by atoms with van der Waals surface area (Å²) in [6, 6.07) is 13.4. The van der Waals surface area contributed by atoms with Crippen LogP contribution in [0, 0.1) is 6.92 Å². The molecule has 26 heavy (non-hydrogen) atoms. The van der Waals surface area contributed by atoms with Crippen LogP contribution in [0.2, 0.25) is 0 Å². The van der Waals surface area contributed by atoms with Crippen molar-refractivity contribution in [2.75, 3.05) is 31.6 Å². The fourth-order valence-electron chi connectivity index (χ4n) is 2.87. The van der Waals surface area contributed by atoms with Crippen molar-refractivity contribution in [3.05, 3.63) is 53.6 Å². The van der Waals surface area contributed by atoms with Gasteiger partial charge in [-0.05, 0) is 48.7 Å². The lowest BCUT2D eigenvalue weighted by Gasteiger charge is -2.29. The summed E-state index contributed by atoms with van der Waals surface area (Å²) in [6.45, 7) is 2.65. The average Bonchev–Trinajstić information content (AvgIpc) is 2.61. The molecule has 2 aromatic carbocycles. The van der Waals surface area contributed by atoms with Gasteiger partial charge in [0, 0.05) is 6.54 Å². The first-order valence-electron chi connectivity index (χ1n) is 8.51. The van der Waals surface area contributed by atoms with Crippen molar-refractivity contribution in [3.63, 3.8) is 0 Å². The Kier molecular flexibility index (Phi) is 5.41. The minimum Gasteiger partial charge on any atom is -0.497 e. The van der Waals surface area contributed by atoms with Crippen molar-refractivity contribution in [2.24, 2.45) is 0 Å². The van der Waals surface area contributed by atoms with Gasteiger partial charge in [0.1, 0.15) is 12.3 Å². The third kappa shape index (κ3) is 4.33. The third-order valence-corrected chi connectivity index (χ3v) is 4.23. The Bertz CT molecular complexity index is 802. The summed E-state index contributed by atoms with van der Waals surface area (Å²) >= 11 is 0. The maximum absolute atomic E-state index is 12.3. The third-order valence-electron chi connectivity index (χ3n) is 4.23. The number of anilines is 1. The molecule has 0 radical (unpaired) electrons. The lowest BCUT2D eigenvalue weighted by molar-refractivity contribution is -0.133. The van der Waals surface area contributed by atoms with Gasteiger partial charge in [-0.1, -0.05) is 18.2 Å². The predicted octanol–water partition coefficient (Wildman–Crippen LogP) is 2.09. The highest BCUT2D eigenvalue weighted by Gasteiger charge is 2.25. The molecule has 1 aliphatic rings. The fourth-order valence-corrected chi connectivity index (χ4v) is 2.87. The van der Waals surface area contributed by atoms with Gasteiger partial charge >= 0.3 is 5.97 Å². The molecule has 1 N–H and O–H groups in total. The fraction of sp³-hybridized carbons (Fsp3) is 0.300.